The highest BCUT2D eigenvalue weighted by Crippen LogP contribution is 2.62. The van der Waals surface area contributed by atoms with Crippen LogP contribution in [0.15, 0.2) is 42.6 Å². The molecule has 2 bridgehead atoms. The number of amides is 2. The van der Waals surface area contributed by atoms with Gasteiger partial charge in [0.15, 0.2) is 0 Å². The number of carbonyl (C=O) groups is 2. The smallest absolute Gasteiger partial charge is 0.253 e. The molecule has 10 heteroatoms. The summed E-state index contributed by atoms with van der Waals surface area (Å²) in [4.78, 5) is 29.0. The van der Waals surface area contributed by atoms with Crippen molar-refractivity contribution >= 4 is 51.5 Å². The molecule has 3 fully saturated rings. The number of nitrogens with zero attached hydrogens (tertiary/aromatic N) is 4. The zero-order valence-corrected chi connectivity index (χ0v) is 20.7. The molecule has 0 N–H and O–H groups in total. The van der Waals surface area contributed by atoms with Crippen molar-refractivity contribution in [2.75, 3.05) is 11.5 Å². The number of carbonyl (C=O) groups excluding carboxylic acids is 2. The maximum atomic E-state index is 13.9. The van der Waals surface area contributed by atoms with Crippen LogP contribution in [0.5, 0.6) is 5.88 Å². The summed E-state index contributed by atoms with van der Waals surface area (Å²) in [5, 5.41) is 18.9. The third-order valence-corrected chi connectivity index (χ3v) is 8.50. The molecule has 3 aliphatic heterocycles. The summed E-state index contributed by atoms with van der Waals surface area (Å²) in [6.07, 6.45) is 2.98. The third kappa shape index (κ3) is 3.16. The summed E-state index contributed by atoms with van der Waals surface area (Å²) in [5.41, 5.74) is -0.617. The van der Waals surface area contributed by atoms with Gasteiger partial charge < -0.3 is 9.47 Å². The van der Waals surface area contributed by atoms with Gasteiger partial charge in [-0.05, 0) is 31.9 Å². The average Bonchev–Trinajstić information content (AvgIpc) is 3.45. The van der Waals surface area contributed by atoms with Gasteiger partial charge >= 0.3 is 0 Å². The minimum atomic E-state index is -0.845. The summed E-state index contributed by atoms with van der Waals surface area (Å²) >= 11 is 12.2. The number of rotatable bonds is 5. The maximum Gasteiger partial charge on any atom is 0.253 e. The van der Waals surface area contributed by atoms with Gasteiger partial charge in [-0.3, -0.25) is 9.59 Å². The monoisotopic (exact) mass is 522 g/mol. The topological polar surface area (TPSA) is 105 Å². The molecule has 0 saturated carbocycles. The summed E-state index contributed by atoms with van der Waals surface area (Å²) < 4.78 is 12.2. The Morgan fingerprint density at radius 1 is 1.14 bits per heavy atom. The summed E-state index contributed by atoms with van der Waals surface area (Å²) in [5.74, 6) is -1.68. The molecular formula is C26H20Cl2N4O4. The van der Waals surface area contributed by atoms with E-state index in [1.807, 2.05) is 31.2 Å². The fraction of sp³-hybridized carbons (Fsp3) is 0.346. The lowest BCUT2D eigenvalue weighted by molar-refractivity contribution is -0.131. The Balaban J connectivity index is 1.33. The first-order chi connectivity index (χ1) is 17.3. The van der Waals surface area contributed by atoms with Crippen LogP contribution in [-0.4, -0.2) is 39.8 Å². The highest BCUT2D eigenvalue weighted by atomic mass is 35.5. The van der Waals surface area contributed by atoms with E-state index in [9.17, 15) is 14.9 Å². The summed E-state index contributed by atoms with van der Waals surface area (Å²) in [7, 11) is 0. The molecule has 4 heterocycles. The molecule has 3 aliphatic rings. The lowest BCUT2D eigenvalue weighted by Gasteiger charge is -2.31. The van der Waals surface area contributed by atoms with Crippen molar-refractivity contribution in [2.45, 2.75) is 37.4 Å². The van der Waals surface area contributed by atoms with Crippen molar-refractivity contribution in [3.63, 3.8) is 0 Å². The molecule has 6 rings (SSSR count). The van der Waals surface area contributed by atoms with Crippen molar-refractivity contribution in [2.24, 2.45) is 11.8 Å². The normalized spacial score (nSPS) is 28.6. The number of imide groups is 1. The van der Waals surface area contributed by atoms with Crippen molar-refractivity contribution in [3.05, 3.63) is 58.2 Å². The van der Waals surface area contributed by atoms with Crippen LogP contribution in [0, 0.1) is 23.2 Å². The largest absolute Gasteiger partial charge is 0.475 e. The second-order valence-corrected chi connectivity index (χ2v) is 10.4. The molecule has 0 spiro atoms. The highest BCUT2D eigenvalue weighted by Gasteiger charge is 2.73. The SMILES string of the molecule is C[C@]12CC[C@](CCOc3nncc(Cl)c3Cl)(O1)[C@@H]1C(=O)N(c3ccc(C#N)c4ccccc34)C(=O)[C@@H]12. The van der Waals surface area contributed by atoms with E-state index >= 15 is 0 Å². The number of anilines is 1. The molecule has 3 saturated heterocycles. The Hall–Kier alpha value is -3.25. The Morgan fingerprint density at radius 3 is 2.67 bits per heavy atom. The van der Waals surface area contributed by atoms with Gasteiger partial charge in [-0.1, -0.05) is 47.5 Å². The van der Waals surface area contributed by atoms with E-state index in [1.165, 1.54) is 11.1 Å². The number of hydrogen-bond acceptors (Lipinski definition) is 7. The Bertz CT molecular complexity index is 1490. The van der Waals surface area contributed by atoms with Crippen LogP contribution in [0.2, 0.25) is 10.0 Å². The van der Waals surface area contributed by atoms with Crippen molar-refractivity contribution in [3.8, 4) is 11.9 Å². The fourth-order valence-electron chi connectivity index (χ4n) is 6.17. The fourth-order valence-corrected chi connectivity index (χ4v) is 6.44. The van der Waals surface area contributed by atoms with E-state index in [2.05, 4.69) is 16.3 Å². The number of nitriles is 1. The first-order valence-corrected chi connectivity index (χ1v) is 12.3. The molecule has 182 valence electrons. The minimum absolute atomic E-state index is 0.107. The second-order valence-electron chi connectivity index (χ2n) is 9.65. The molecule has 4 atom stereocenters. The van der Waals surface area contributed by atoms with Gasteiger partial charge in [0.2, 0.25) is 11.8 Å². The standard InChI is InChI=1S/C26H20Cl2N4O4/c1-25-8-9-26(36-25,10-11-35-22-21(28)17(27)13-30-31-22)20-19(25)23(33)32(24(20)34)18-7-6-14(12-29)15-4-2-3-5-16(15)18/h2-7,13,19-20H,8-11H2,1H3/t19-,20+,25-,26-/m1/s1. The van der Waals surface area contributed by atoms with E-state index in [0.29, 0.717) is 41.3 Å². The number of halogens is 2. The first kappa shape index (κ1) is 23.2. The van der Waals surface area contributed by atoms with Crippen LogP contribution in [0.4, 0.5) is 5.69 Å². The highest BCUT2D eigenvalue weighted by molar-refractivity contribution is 6.42. The lowest BCUT2D eigenvalue weighted by Crippen LogP contribution is -2.43. The van der Waals surface area contributed by atoms with Gasteiger partial charge in [-0.25, -0.2) is 4.90 Å². The van der Waals surface area contributed by atoms with Crippen molar-refractivity contribution in [1.29, 1.82) is 5.26 Å². The number of hydrogen-bond donors (Lipinski definition) is 0. The maximum absolute atomic E-state index is 13.9. The number of aromatic nitrogens is 2. The predicted octanol–water partition coefficient (Wildman–Crippen LogP) is 4.70. The molecule has 8 nitrogen and oxygen atoms in total. The van der Waals surface area contributed by atoms with Crippen LogP contribution in [0.3, 0.4) is 0 Å². The van der Waals surface area contributed by atoms with Crippen LogP contribution in [-0.2, 0) is 14.3 Å². The van der Waals surface area contributed by atoms with Gasteiger partial charge in [0, 0.05) is 17.2 Å². The van der Waals surface area contributed by atoms with E-state index in [4.69, 9.17) is 32.7 Å². The van der Waals surface area contributed by atoms with E-state index in [-0.39, 0.29) is 34.3 Å². The number of benzene rings is 2. The molecule has 1 aromatic heterocycles. The Labute approximate surface area is 216 Å². The molecule has 2 aromatic carbocycles. The second kappa shape index (κ2) is 8.13. The van der Waals surface area contributed by atoms with Crippen LogP contribution in [0.1, 0.15) is 31.7 Å². The van der Waals surface area contributed by atoms with Gasteiger partial charge in [0.1, 0.15) is 5.02 Å². The van der Waals surface area contributed by atoms with Crippen molar-refractivity contribution < 1.29 is 19.1 Å². The Morgan fingerprint density at radius 2 is 1.89 bits per heavy atom. The van der Waals surface area contributed by atoms with Crippen molar-refractivity contribution in [1.82, 2.24) is 10.2 Å². The van der Waals surface area contributed by atoms with E-state index < -0.39 is 23.0 Å². The molecule has 2 amide bonds. The zero-order valence-electron chi connectivity index (χ0n) is 19.2. The Kier molecular flexibility index (Phi) is 5.23. The molecular weight excluding hydrogens is 503 g/mol. The molecule has 0 radical (unpaired) electrons. The summed E-state index contributed by atoms with van der Waals surface area (Å²) in [6, 6.07) is 12.8. The van der Waals surface area contributed by atoms with Crippen LogP contribution in [0.25, 0.3) is 10.8 Å². The zero-order chi connectivity index (χ0) is 25.2. The number of fused-ring (bicyclic) bond motifs is 6. The third-order valence-electron chi connectivity index (χ3n) is 7.76. The van der Waals surface area contributed by atoms with Gasteiger partial charge in [-0.15, -0.1) is 5.10 Å². The van der Waals surface area contributed by atoms with E-state index in [1.54, 1.807) is 12.1 Å². The molecule has 3 aromatic rings. The molecule has 36 heavy (non-hydrogen) atoms. The minimum Gasteiger partial charge on any atom is -0.475 e. The lowest BCUT2D eigenvalue weighted by atomic mass is 9.67. The quantitative estimate of drug-likeness (QED) is 0.446. The predicted molar refractivity (Wildman–Crippen MR) is 132 cm³/mol. The van der Waals surface area contributed by atoms with E-state index in [0.717, 1.165) is 0 Å². The molecule has 0 aliphatic carbocycles. The van der Waals surface area contributed by atoms with Gasteiger partial charge in [0.05, 0.1) is 58.2 Å². The number of ether oxygens (including phenoxy) is 2. The first-order valence-electron chi connectivity index (χ1n) is 11.6. The summed E-state index contributed by atoms with van der Waals surface area (Å²) in [6.45, 7) is 2.07. The van der Waals surface area contributed by atoms with Crippen LogP contribution >= 0.6 is 23.2 Å². The average molecular weight is 523 g/mol. The molecule has 0 unspecified atom stereocenters. The van der Waals surface area contributed by atoms with Gasteiger partial charge in [-0.2, -0.15) is 10.4 Å². The van der Waals surface area contributed by atoms with Crippen LogP contribution < -0.4 is 9.64 Å². The van der Waals surface area contributed by atoms with Gasteiger partial charge in [0.25, 0.3) is 5.88 Å².